The number of hydrogen-bond acceptors (Lipinski definition) is 8. The zero-order valence-corrected chi connectivity index (χ0v) is 17.6. The molecule has 0 aliphatic heterocycles. The molecule has 2 N–H and O–H groups in total. The maximum absolute atomic E-state index is 12.1. The summed E-state index contributed by atoms with van der Waals surface area (Å²) >= 11 is 1.59. The molecule has 10 heteroatoms. The van der Waals surface area contributed by atoms with Crippen molar-refractivity contribution in [3.8, 4) is 10.6 Å². The van der Waals surface area contributed by atoms with E-state index in [1.807, 2.05) is 42.9 Å². The fraction of sp³-hybridized carbons (Fsp3) is 0.143. The van der Waals surface area contributed by atoms with Gasteiger partial charge in [0.1, 0.15) is 15.2 Å². The minimum absolute atomic E-state index is 0.255. The van der Waals surface area contributed by atoms with E-state index in [4.69, 9.17) is 4.98 Å². The predicted octanol–water partition coefficient (Wildman–Crippen LogP) is 3.01. The minimum atomic E-state index is -0.255. The van der Waals surface area contributed by atoms with Crippen LogP contribution in [0, 0.1) is 0 Å². The van der Waals surface area contributed by atoms with Crippen molar-refractivity contribution in [2.45, 2.75) is 6.54 Å². The molecule has 1 amide bonds. The summed E-state index contributed by atoms with van der Waals surface area (Å²) in [7, 11) is 3.80. The SMILES string of the molecule is CNc1nc2nc(-c3ccc(CNC(=O)c4cccnn4)cc3)sc2c2c1ncn2C. The first-order chi connectivity index (χ1) is 15.1. The number of pyridine rings is 1. The first-order valence-corrected chi connectivity index (χ1v) is 10.4. The number of nitrogens with one attached hydrogen (secondary N) is 2. The van der Waals surface area contributed by atoms with Gasteiger partial charge in [0.2, 0.25) is 0 Å². The highest BCUT2D eigenvalue weighted by Crippen LogP contribution is 2.35. The number of benzene rings is 1. The summed E-state index contributed by atoms with van der Waals surface area (Å²) in [4.78, 5) is 26.0. The normalized spacial score (nSPS) is 11.2. The third kappa shape index (κ3) is 3.46. The first-order valence-electron chi connectivity index (χ1n) is 9.58. The molecule has 5 aromatic rings. The maximum Gasteiger partial charge on any atom is 0.272 e. The van der Waals surface area contributed by atoms with Gasteiger partial charge in [-0.2, -0.15) is 5.10 Å². The van der Waals surface area contributed by atoms with Gasteiger partial charge < -0.3 is 15.2 Å². The number of amides is 1. The fourth-order valence-electron chi connectivity index (χ4n) is 3.33. The quantitative estimate of drug-likeness (QED) is 0.441. The van der Waals surface area contributed by atoms with Crippen molar-refractivity contribution >= 4 is 44.4 Å². The molecule has 0 saturated heterocycles. The average Bonchev–Trinajstić information content (AvgIpc) is 3.41. The summed E-state index contributed by atoms with van der Waals surface area (Å²) < 4.78 is 3.00. The van der Waals surface area contributed by atoms with E-state index in [9.17, 15) is 4.79 Å². The van der Waals surface area contributed by atoms with E-state index in [2.05, 4.69) is 30.8 Å². The number of anilines is 1. The number of imidazole rings is 1. The Hall–Kier alpha value is -3.92. The monoisotopic (exact) mass is 430 g/mol. The number of fused-ring (bicyclic) bond motifs is 3. The minimum Gasteiger partial charge on any atom is -0.371 e. The highest BCUT2D eigenvalue weighted by Gasteiger charge is 2.17. The zero-order valence-electron chi connectivity index (χ0n) is 16.8. The zero-order chi connectivity index (χ0) is 21.4. The second-order valence-electron chi connectivity index (χ2n) is 6.92. The van der Waals surface area contributed by atoms with Gasteiger partial charge in [0, 0.05) is 32.4 Å². The molecule has 0 aliphatic carbocycles. The summed E-state index contributed by atoms with van der Waals surface area (Å²) in [6.45, 7) is 0.401. The van der Waals surface area contributed by atoms with Crippen molar-refractivity contribution in [3.63, 3.8) is 0 Å². The second-order valence-corrected chi connectivity index (χ2v) is 7.92. The van der Waals surface area contributed by atoms with Crippen molar-refractivity contribution in [2.24, 2.45) is 7.05 Å². The Morgan fingerprint density at radius 2 is 2.00 bits per heavy atom. The van der Waals surface area contributed by atoms with Crippen molar-refractivity contribution in [2.75, 3.05) is 12.4 Å². The van der Waals surface area contributed by atoms with Crippen molar-refractivity contribution in [1.82, 2.24) is 35.0 Å². The molecule has 0 atom stereocenters. The van der Waals surface area contributed by atoms with Gasteiger partial charge in [-0.1, -0.05) is 24.3 Å². The molecular formula is C21H18N8OS. The largest absolute Gasteiger partial charge is 0.371 e. The van der Waals surface area contributed by atoms with Crippen LogP contribution in [0.3, 0.4) is 0 Å². The van der Waals surface area contributed by atoms with Gasteiger partial charge in [-0.05, 0) is 17.7 Å². The molecule has 0 aliphatic rings. The number of aryl methyl sites for hydroxylation is 1. The molecule has 0 unspecified atom stereocenters. The number of carbonyl (C=O) groups excluding carboxylic acids is 1. The number of hydrogen-bond donors (Lipinski definition) is 2. The Bertz CT molecular complexity index is 1390. The van der Waals surface area contributed by atoms with E-state index < -0.39 is 0 Å². The van der Waals surface area contributed by atoms with Crippen LogP contribution >= 0.6 is 11.3 Å². The van der Waals surface area contributed by atoms with Crippen LogP contribution in [-0.2, 0) is 13.6 Å². The van der Waals surface area contributed by atoms with Crippen LogP contribution in [0.1, 0.15) is 16.1 Å². The highest BCUT2D eigenvalue weighted by atomic mass is 32.1. The smallest absolute Gasteiger partial charge is 0.272 e. The van der Waals surface area contributed by atoms with E-state index in [1.54, 1.807) is 29.8 Å². The van der Waals surface area contributed by atoms with Crippen LogP contribution < -0.4 is 10.6 Å². The summed E-state index contributed by atoms with van der Waals surface area (Å²) in [5.74, 6) is 0.462. The number of carbonyl (C=O) groups is 1. The van der Waals surface area contributed by atoms with Gasteiger partial charge in [0.25, 0.3) is 5.91 Å². The van der Waals surface area contributed by atoms with Crippen LogP contribution in [0.2, 0.25) is 0 Å². The molecule has 154 valence electrons. The predicted molar refractivity (Wildman–Crippen MR) is 120 cm³/mol. The average molecular weight is 430 g/mol. The molecule has 1 aromatic carbocycles. The van der Waals surface area contributed by atoms with Gasteiger partial charge in [0.05, 0.1) is 11.8 Å². The standard InChI is InChI=1S/C21H18N8OS/c1-22-18-15-16(29(2)11-24-15)17-19(26-18)27-21(31-17)13-7-5-12(6-8-13)10-23-20(30)14-4-3-9-25-28-14/h3-9,11H,10H2,1-2H3,(H,22,26)(H,23,30). The van der Waals surface area contributed by atoms with Crippen molar-refractivity contribution < 1.29 is 4.79 Å². The highest BCUT2D eigenvalue weighted by molar-refractivity contribution is 7.22. The molecule has 31 heavy (non-hydrogen) atoms. The Labute approximate surface area is 181 Å². The van der Waals surface area contributed by atoms with E-state index in [0.717, 1.165) is 31.9 Å². The molecule has 0 bridgehead atoms. The molecule has 5 rings (SSSR count). The second kappa shape index (κ2) is 7.73. The molecule has 0 fully saturated rings. The molecular weight excluding hydrogens is 412 g/mol. The Balaban J connectivity index is 1.40. The lowest BCUT2D eigenvalue weighted by Crippen LogP contribution is -2.23. The lowest BCUT2D eigenvalue weighted by Gasteiger charge is -2.05. The Morgan fingerprint density at radius 3 is 2.74 bits per heavy atom. The van der Waals surface area contributed by atoms with Gasteiger partial charge >= 0.3 is 0 Å². The van der Waals surface area contributed by atoms with Crippen molar-refractivity contribution in [3.05, 3.63) is 60.2 Å². The Morgan fingerprint density at radius 1 is 1.16 bits per heavy atom. The Kier molecular flexibility index (Phi) is 4.75. The summed E-state index contributed by atoms with van der Waals surface area (Å²) in [6.07, 6.45) is 3.32. The maximum atomic E-state index is 12.1. The van der Waals surface area contributed by atoms with Crippen molar-refractivity contribution in [1.29, 1.82) is 0 Å². The van der Waals surface area contributed by atoms with Gasteiger partial charge in [0.15, 0.2) is 17.2 Å². The molecule has 4 heterocycles. The third-order valence-electron chi connectivity index (χ3n) is 4.90. The van der Waals surface area contributed by atoms with E-state index in [0.29, 0.717) is 23.7 Å². The summed E-state index contributed by atoms with van der Waals surface area (Å²) in [5.41, 5.74) is 4.81. The van der Waals surface area contributed by atoms with E-state index in [-0.39, 0.29) is 5.91 Å². The summed E-state index contributed by atoms with van der Waals surface area (Å²) in [6, 6.07) is 11.3. The van der Waals surface area contributed by atoms with Gasteiger partial charge in [-0.15, -0.1) is 16.4 Å². The van der Waals surface area contributed by atoms with E-state index in [1.165, 1.54) is 6.20 Å². The summed E-state index contributed by atoms with van der Waals surface area (Å²) in [5, 5.41) is 14.4. The topological polar surface area (TPSA) is 111 Å². The number of rotatable bonds is 5. The molecule has 0 spiro atoms. The lowest BCUT2D eigenvalue weighted by atomic mass is 10.1. The molecule has 4 aromatic heterocycles. The van der Waals surface area contributed by atoms with Crippen LogP contribution in [-0.4, -0.2) is 42.7 Å². The molecule has 0 radical (unpaired) electrons. The molecule has 9 nitrogen and oxygen atoms in total. The van der Waals surface area contributed by atoms with Crippen LogP contribution in [0.4, 0.5) is 5.82 Å². The van der Waals surface area contributed by atoms with E-state index >= 15 is 0 Å². The van der Waals surface area contributed by atoms with Gasteiger partial charge in [-0.25, -0.2) is 15.0 Å². The first kappa shape index (κ1) is 19.1. The van der Waals surface area contributed by atoms with Crippen LogP contribution in [0.15, 0.2) is 48.9 Å². The fourth-order valence-corrected chi connectivity index (χ4v) is 4.43. The van der Waals surface area contributed by atoms with Crippen LogP contribution in [0.25, 0.3) is 32.0 Å². The number of thiazole rings is 1. The number of nitrogens with zero attached hydrogens (tertiary/aromatic N) is 6. The van der Waals surface area contributed by atoms with Gasteiger partial charge in [-0.3, -0.25) is 4.79 Å². The number of aromatic nitrogens is 6. The van der Waals surface area contributed by atoms with Crippen LogP contribution in [0.5, 0.6) is 0 Å². The third-order valence-corrected chi connectivity index (χ3v) is 6.00. The molecule has 0 saturated carbocycles. The lowest BCUT2D eigenvalue weighted by molar-refractivity contribution is 0.0945.